The standard InChI is InChI=1S/C35H49N3O4Si2/c1-34(2,3)43(7,8)41-22-26-27-28(33(40)38(32(27)39)25-19-15-12-16-20-25)30-29(31(26)42-44(9,10)35(4,5)6)36-23-37(30)21-24-17-13-11-14-18-24/h11-20,23,26-28,31H,21-22H2,1-10H3/t26-,27+,28+,31+/m1/s1. The SMILES string of the molecule is CC(C)(C)[Si](C)(C)OC[C@@H]1[C@@H]2C(=O)N(c3ccccc3)C(=O)[C@@H]2c2c(ncn2Cc2ccccc2)[C@H]1O[Si](C)(C)C(C)(C)C. The minimum atomic E-state index is -2.35. The van der Waals surface area contributed by atoms with Crippen molar-refractivity contribution < 1.29 is 18.4 Å². The highest BCUT2D eigenvalue weighted by Crippen LogP contribution is 2.54. The summed E-state index contributed by atoms with van der Waals surface area (Å²) in [4.78, 5) is 35.4. The molecule has 0 bridgehead atoms. The van der Waals surface area contributed by atoms with Gasteiger partial charge in [-0.05, 0) is 54.0 Å². The zero-order chi connectivity index (χ0) is 32.2. The van der Waals surface area contributed by atoms with E-state index in [1.807, 2.05) is 54.9 Å². The van der Waals surface area contributed by atoms with Gasteiger partial charge in [0, 0.05) is 19.1 Å². The van der Waals surface area contributed by atoms with Crippen LogP contribution in [0.4, 0.5) is 5.69 Å². The number of hydrogen-bond donors (Lipinski definition) is 0. The summed E-state index contributed by atoms with van der Waals surface area (Å²) in [5, 5.41) is -0.0715. The molecular weight excluding hydrogens is 583 g/mol. The van der Waals surface area contributed by atoms with Crippen LogP contribution >= 0.6 is 0 Å². The summed E-state index contributed by atoms with van der Waals surface area (Å²) in [6, 6.07) is 19.5. The van der Waals surface area contributed by atoms with Gasteiger partial charge < -0.3 is 13.4 Å². The fourth-order valence-corrected chi connectivity index (χ4v) is 8.17. The predicted molar refractivity (Wildman–Crippen MR) is 181 cm³/mol. The van der Waals surface area contributed by atoms with Gasteiger partial charge >= 0.3 is 0 Å². The number of carbonyl (C=O) groups excluding carboxylic acids is 2. The fraction of sp³-hybridized carbons (Fsp3) is 0.514. The molecule has 0 spiro atoms. The van der Waals surface area contributed by atoms with Gasteiger partial charge in [-0.1, -0.05) is 90.1 Å². The summed E-state index contributed by atoms with van der Waals surface area (Å²) in [5.41, 5.74) is 3.26. The molecule has 2 amide bonds. The topological polar surface area (TPSA) is 73.7 Å². The highest BCUT2D eigenvalue weighted by Gasteiger charge is 2.61. The Bertz CT molecular complexity index is 1510. The largest absolute Gasteiger partial charge is 0.416 e. The minimum absolute atomic E-state index is 0.00907. The quantitative estimate of drug-likeness (QED) is 0.187. The highest BCUT2D eigenvalue weighted by molar-refractivity contribution is 6.74. The third-order valence-corrected chi connectivity index (χ3v) is 19.5. The number of carbonyl (C=O) groups is 2. The maximum atomic E-state index is 14.6. The van der Waals surface area contributed by atoms with Gasteiger partial charge in [0.05, 0.1) is 41.3 Å². The second-order valence-corrected chi connectivity index (χ2v) is 25.1. The lowest BCUT2D eigenvalue weighted by Gasteiger charge is -2.46. The van der Waals surface area contributed by atoms with Crippen LogP contribution in [-0.2, 0) is 25.0 Å². The third kappa shape index (κ3) is 5.79. The van der Waals surface area contributed by atoms with Crippen LogP contribution in [0.5, 0.6) is 0 Å². The Balaban J connectivity index is 1.68. The molecular formula is C35H49N3O4Si2. The van der Waals surface area contributed by atoms with E-state index in [-0.39, 0.29) is 27.8 Å². The number of anilines is 1. The van der Waals surface area contributed by atoms with Crippen LogP contribution in [0.2, 0.25) is 36.3 Å². The summed E-state index contributed by atoms with van der Waals surface area (Å²) in [6.45, 7) is 23.2. The monoisotopic (exact) mass is 631 g/mol. The lowest BCUT2D eigenvalue weighted by molar-refractivity contribution is -0.125. The van der Waals surface area contributed by atoms with Crippen molar-refractivity contribution in [2.75, 3.05) is 11.5 Å². The summed E-state index contributed by atoms with van der Waals surface area (Å²) < 4.78 is 16.2. The lowest BCUT2D eigenvalue weighted by Crippen LogP contribution is -2.49. The van der Waals surface area contributed by atoms with Crippen molar-refractivity contribution in [2.45, 2.75) is 96.4 Å². The van der Waals surface area contributed by atoms with Gasteiger partial charge in [-0.25, -0.2) is 9.88 Å². The van der Waals surface area contributed by atoms with Gasteiger partial charge in [0.15, 0.2) is 16.6 Å². The van der Waals surface area contributed by atoms with E-state index in [0.717, 1.165) is 17.0 Å². The highest BCUT2D eigenvalue weighted by atomic mass is 28.4. The molecule has 2 aliphatic rings. The first-order valence-corrected chi connectivity index (χ1v) is 21.6. The Morgan fingerprint density at radius 1 is 0.795 bits per heavy atom. The molecule has 0 unspecified atom stereocenters. The predicted octanol–water partition coefficient (Wildman–Crippen LogP) is 7.92. The van der Waals surface area contributed by atoms with Crippen LogP contribution < -0.4 is 4.90 Å². The van der Waals surface area contributed by atoms with Crippen molar-refractivity contribution in [2.24, 2.45) is 11.8 Å². The molecule has 3 aromatic rings. The number of para-hydroxylation sites is 1. The number of hydrogen-bond acceptors (Lipinski definition) is 5. The van der Waals surface area contributed by atoms with E-state index in [1.165, 1.54) is 4.90 Å². The molecule has 44 heavy (non-hydrogen) atoms. The maximum Gasteiger partial charge on any atom is 0.243 e. The van der Waals surface area contributed by atoms with E-state index in [9.17, 15) is 9.59 Å². The van der Waals surface area contributed by atoms with E-state index in [1.54, 1.807) is 0 Å². The summed E-state index contributed by atoms with van der Waals surface area (Å²) in [6.07, 6.45) is 1.36. The number of nitrogens with zero attached hydrogens (tertiary/aromatic N) is 3. The van der Waals surface area contributed by atoms with Gasteiger partial charge in [0.2, 0.25) is 11.8 Å². The Labute approximate surface area is 265 Å². The molecule has 1 saturated heterocycles. The van der Waals surface area contributed by atoms with Crippen molar-refractivity contribution in [3.8, 4) is 0 Å². The zero-order valence-electron chi connectivity index (χ0n) is 28.0. The molecule has 236 valence electrons. The number of fused-ring (bicyclic) bond motifs is 3. The first kappa shape index (κ1) is 32.5. The molecule has 1 aliphatic carbocycles. The van der Waals surface area contributed by atoms with Crippen molar-refractivity contribution in [3.63, 3.8) is 0 Å². The Hall–Kier alpha value is -2.86. The molecule has 0 N–H and O–H groups in total. The van der Waals surface area contributed by atoms with Gasteiger partial charge in [-0.2, -0.15) is 0 Å². The number of amides is 2. The molecule has 2 heterocycles. The Kier molecular flexibility index (Phi) is 8.50. The van der Waals surface area contributed by atoms with Crippen LogP contribution in [-0.4, -0.2) is 44.6 Å². The van der Waals surface area contributed by atoms with Gasteiger partial charge in [0.1, 0.15) is 0 Å². The number of imide groups is 1. The Morgan fingerprint density at radius 2 is 1.36 bits per heavy atom. The molecule has 0 saturated carbocycles. The van der Waals surface area contributed by atoms with Gasteiger partial charge in [0.25, 0.3) is 0 Å². The summed E-state index contributed by atoms with van der Waals surface area (Å²) >= 11 is 0. The van der Waals surface area contributed by atoms with Crippen LogP contribution in [0.3, 0.4) is 0 Å². The number of rotatable bonds is 8. The fourth-order valence-electron chi connectivity index (χ4n) is 5.85. The molecule has 9 heteroatoms. The second kappa shape index (κ2) is 11.5. The van der Waals surface area contributed by atoms with Crippen molar-refractivity contribution in [3.05, 3.63) is 83.9 Å². The van der Waals surface area contributed by atoms with Crippen LogP contribution in [0.25, 0.3) is 0 Å². The first-order chi connectivity index (χ1) is 20.4. The third-order valence-electron chi connectivity index (χ3n) is 10.6. The molecule has 4 atom stereocenters. The van der Waals surface area contributed by atoms with Gasteiger partial charge in [-0.3, -0.25) is 9.59 Å². The molecule has 2 aromatic carbocycles. The van der Waals surface area contributed by atoms with Crippen LogP contribution in [0, 0.1) is 11.8 Å². The number of imidazole rings is 1. The average molecular weight is 632 g/mol. The summed E-state index contributed by atoms with van der Waals surface area (Å²) in [7, 11) is -4.54. The molecule has 5 rings (SSSR count). The first-order valence-electron chi connectivity index (χ1n) is 15.8. The van der Waals surface area contributed by atoms with E-state index in [0.29, 0.717) is 18.8 Å². The normalized spacial score (nSPS) is 22.7. The van der Waals surface area contributed by atoms with E-state index >= 15 is 0 Å². The zero-order valence-corrected chi connectivity index (χ0v) is 30.0. The number of aromatic nitrogens is 2. The lowest BCUT2D eigenvalue weighted by atomic mass is 9.72. The molecule has 0 radical (unpaired) electrons. The van der Waals surface area contributed by atoms with E-state index in [4.69, 9.17) is 13.8 Å². The van der Waals surface area contributed by atoms with Crippen molar-refractivity contribution in [1.29, 1.82) is 0 Å². The van der Waals surface area contributed by atoms with Crippen molar-refractivity contribution in [1.82, 2.24) is 9.55 Å². The number of benzene rings is 2. The second-order valence-electron chi connectivity index (χ2n) is 15.5. The summed E-state index contributed by atoms with van der Waals surface area (Å²) in [5.74, 6) is -2.04. The minimum Gasteiger partial charge on any atom is -0.416 e. The maximum absolute atomic E-state index is 14.6. The van der Waals surface area contributed by atoms with Crippen molar-refractivity contribution >= 4 is 34.1 Å². The van der Waals surface area contributed by atoms with Crippen LogP contribution in [0.15, 0.2) is 67.0 Å². The smallest absolute Gasteiger partial charge is 0.243 e. The Morgan fingerprint density at radius 3 is 1.93 bits per heavy atom. The van der Waals surface area contributed by atoms with Crippen LogP contribution in [0.1, 0.15) is 70.5 Å². The molecule has 1 aromatic heterocycles. The van der Waals surface area contributed by atoms with Gasteiger partial charge in [-0.15, -0.1) is 0 Å². The van der Waals surface area contributed by atoms with E-state index < -0.39 is 34.6 Å². The molecule has 1 fully saturated rings. The molecule has 7 nitrogen and oxygen atoms in total. The molecule has 1 aliphatic heterocycles. The van der Waals surface area contributed by atoms with E-state index in [2.05, 4.69) is 84.4 Å². The average Bonchev–Trinajstić information content (AvgIpc) is 3.45.